The number of fused-ring (bicyclic) bond motifs is 7. The fourth-order valence-electron chi connectivity index (χ4n) is 10.2. The number of halogens is 1. The number of hydrogen-bond donors (Lipinski definition) is 0. The molecule has 12 rings (SSSR count). The van der Waals surface area contributed by atoms with Gasteiger partial charge in [-0.3, -0.25) is 0 Å². The maximum absolute atomic E-state index is 13.9. The maximum atomic E-state index is 13.9. The summed E-state index contributed by atoms with van der Waals surface area (Å²) in [6.07, 6.45) is 0. The van der Waals surface area contributed by atoms with Crippen LogP contribution in [0.1, 0.15) is 23.6 Å². The van der Waals surface area contributed by atoms with Crippen molar-refractivity contribution in [3.63, 3.8) is 0 Å². The van der Waals surface area contributed by atoms with E-state index in [1.165, 1.54) is 78.1 Å². The number of aromatic nitrogens is 1. The molecule has 1 aliphatic carbocycles. The van der Waals surface area contributed by atoms with Gasteiger partial charge in [-0.2, -0.15) is 0 Å². The molecule has 0 radical (unpaired) electrons. The predicted molar refractivity (Wildman–Crippen MR) is 261 cm³/mol. The van der Waals surface area contributed by atoms with Crippen LogP contribution in [0.3, 0.4) is 0 Å². The van der Waals surface area contributed by atoms with Gasteiger partial charge in [-0.05, 0) is 147 Å². The van der Waals surface area contributed by atoms with Crippen LogP contribution in [0, 0.1) is 5.82 Å². The zero-order chi connectivity index (χ0) is 42.1. The highest BCUT2D eigenvalue weighted by Gasteiger charge is 2.40. The third-order valence-corrected chi connectivity index (χ3v) is 13.3. The van der Waals surface area contributed by atoms with Gasteiger partial charge in [0.1, 0.15) is 5.82 Å². The van der Waals surface area contributed by atoms with E-state index in [4.69, 9.17) is 0 Å². The Morgan fingerprint density at radius 1 is 0.397 bits per heavy atom. The van der Waals surface area contributed by atoms with Gasteiger partial charge in [0.15, 0.2) is 0 Å². The van der Waals surface area contributed by atoms with Crippen molar-refractivity contribution in [1.82, 2.24) is 4.57 Å². The highest BCUT2D eigenvalue weighted by atomic mass is 19.1. The molecule has 1 heterocycles. The van der Waals surface area contributed by atoms with Crippen molar-refractivity contribution in [2.45, 2.75) is 12.3 Å². The fraction of sp³-hybridized carbons (Fsp3) is 0.0333. The Bertz CT molecular complexity index is 3480. The number of hydrogen-bond acceptors (Lipinski definition) is 1. The van der Waals surface area contributed by atoms with E-state index in [-0.39, 0.29) is 11.2 Å². The summed E-state index contributed by atoms with van der Waals surface area (Å²) in [7, 11) is 0. The molecule has 0 saturated carbocycles. The zero-order valence-electron chi connectivity index (χ0n) is 34.7. The Balaban J connectivity index is 0.958. The molecule has 298 valence electrons. The number of benzene rings is 10. The van der Waals surface area contributed by atoms with E-state index in [0.717, 1.165) is 39.4 Å². The molecule has 1 aliphatic rings. The molecule has 11 aromatic rings. The average Bonchev–Trinajstić information content (AvgIpc) is 3.82. The molecule has 1 aromatic heterocycles. The SMILES string of the molecule is CC1(c2cccc(N(c3ccc(-c4ccc(F)cc4)cc3)c3ccc(-c4ccc5c(c4)c4ccccc4n5-c4ccc5ccccc5c4)cc3)c2)c2ccccc2-c2ccccc21. The van der Waals surface area contributed by atoms with Crippen LogP contribution in [0.2, 0.25) is 0 Å². The first-order valence-electron chi connectivity index (χ1n) is 21.6. The minimum atomic E-state index is -0.332. The average molecular weight is 809 g/mol. The van der Waals surface area contributed by atoms with Gasteiger partial charge >= 0.3 is 0 Å². The quantitative estimate of drug-likeness (QED) is 0.156. The van der Waals surface area contributed by atoms with E-state index in [0.29, 0.717) is 0 Å². The molecular formula is C60H41FN2. The standard InChI is InChI=1S/C60H41FN2/c1-60(56-18-7-4-15-52(56)53-16-5-8-19-57(53)60)46-13-10-14-50(39-46)62(48-31-23-42(24-32-48)41-21-29-47(61)30-22-41)49-33-25-43(26-34-49)45-28-36-59-55(38-45)54-17-6-9-20-58(54)63(59)51-35-27-40-11-2-3-12-44(40)37-51/h2-39H,1H3. The van der Waals surface area contributed by atoms with Crippen molar-refractivity contribution in [2.75, 3.05) is 4.90 Å². The van der Waals surface area contributed by atoms with Crippen molar-refractivity contribution >= 4 is 49.6 Å². The summed E-state index contributed by atoms with van der Waals surface area (Å²) in [4.78, 5) is 2.35. The summed E-state index contributed by atoms with van der Waals surface area (Å²) in [5.41, 5.74) is 17.1. The molecule has 0 bridgehead atoms. The maximum Gasteiger partial charge on any atom is 0.123 e. The zero-order valence-corrected chi connectivity index (χ0v) is 34.7. The molecule has 2 nitrogen and oxygen atoms in total. The Kier molecular flexibility index (Phi) is 8.52. The summed E-state index contributed by atoms with van der Waals surface area (Å²) in [5, 5.41) is 4.92. The number of para-hydroxylation sites is 1. The van der Waals surface area contributed by atoms with Gasteiger partial charge in [-0.1, -0.05) is 152 Å². The van der Waals surface area contributed by atoms with Gasteiger partial charge in [0.25, 0.3) is 0 Å². The third kappa shape index (κ3) is 6.00. The Morgan fingerprint density at radius 2 is 0.952 bits per heavy atom. The molecule has 0 fully saturated rings. The number of nitrogens with zero attached hydrogens (tertiary/aromatic N) is 2. The highest BCUT2D eigenvalue weighted by Crippen LogP contribution is 2.53. The monoisotopic (exact) mass is 808 g/mol. The van der Waals surface area contributed by atoms with Gasteiger partial charge in [-0.15, -0.1) is 0 Å². The summed E-state index contributed by atoms with van der Waals surface area (Å²) < 4.78 is 16.2. The molecular weight excluding hydrogens is 768 g/mol. The van der Waals surface area contributed by atoms with Gasteiger partial charge < -0.3 is 9.47 Å². The first-order chi connectivity index (χ1) is 31.0. The van der Waals surface area contributed by atoms with Crippen LogP contribution >= 0.6 is 0 Å². The summed E-state index contributed by atoms with van der Waals surface area (Å²) in [6, 6.07) is 81.8. The van der Waals surface area contributed by atoms with E-state index in [2.05, 4.69) is 223 Å². The molecule has 0 unspecified atom stereocenters. The molecule has 3 heteroatoms. The highest BCUT2D eigenvalue weighted by molar-refractivity contribution is 6.10. The van der Waals surface area contributed by atoms with E-state index in [9.17, 15) is 4.39 Å². The van der Waals surface area contributed by atoms with Crippen molar-refractivity contribution < 1.29 is 4.39 Å². The van der Waals surface area contributed by atoms with Crippen LogP contribution in [0.15, 0.2) is 231 Å². The Hall–Kier alpha value is -8.01. The third-order valence-electron chi connectivity index (χ3n) is 13.3. The van der Waals surface area contributed by atoms with E-state index < -0.39 is 0 Å². The molecule has 0 N–H and O–H groups in total. The predicted octanol–water partition coefficient (Wildman–Crippen LogP) is 16.2. The molecule has 0 saturated heterocycles. The van der Waals surface area contributed by atoms with Crippen LogP contribution in [0.4, 0.5) is 21.5 Å². The van der Waals surface area contributed by atoms with Crippen LogP contribution in [0.5, 0.6) is 0 Å². The van der Waals surface area contributed by atoms with Crippen molar-refractivity contribution in [3.8, 4) is 39.1 Å². The van der Waals surface area contributed by atoms with Crippen LogP contribution in [0.25, 0.3) is 71.6 Å². The van der Waals surface area contributed by atoms with Gasteiger partial charge in [0.05, 0.1) is 11.0 Å². The lowest BCUT2D eigenvalue weighted by atomic mass is 9.74. The summed E-state index contributed by atoms with van der Waals surface area (Å²) >= 11 is 0. The minimum Gasteiger partial charge on any atom is -0.310 e. The molecule has 0 atom stereocenters. The lowest BCUT2D eigenvalue weighted by Gasteiger charge is -2.31. The minimum absolute atomic E-state index is 0.237. The summed E-state index contributed by atoms with van der Waals surface area (Å²) in [5.74, 6) is -0.237. The van der Waals surface area contributed by atoms with Crippen LogP contribution in [-0.4, -0.2) is 4.57 Å². The Morgan fingerprint density at radius 3 is 1.65 bits per heavy atom. The normalized spacial score (nSPS) is 12.7. The van der Waals surface area contributed by atoms with E-state index in [1.807, 2.05) is 12.1 Å². The first kappa shape index (κ1) is 36.8. The second-order valence-electron chi connectivity index (χ2n) is 16.8. The lowest BCUT2D eigenvalue weighted by Crippen LogP contribution is -2.23. The van der Waals surface area contributed by atoms with Crippen LogP contribution < -0.4 is 4.90 Å². The molecule has 0 aliphatic heterocycles. The lowest BCUT2D eigenvalue weighted by molar-refractivity contribution is 0.628. The molecule has 63 heavy (non-hydrogen) atoms. The van der Waals surface area contributed by atoms with Crippen LogP contribution in [-0.2, 0) is 5.41 Å². The van der Waals surface area contributed by atoms with E-state index in [1.54, 1.807) is 0 Å². The summed E-state index contributed by atoms with van der Waals surface area (Å²) in [6.45, 7) is 2.36. The number of anilines is 3. The second kappa shape index (κ2) is 14.6. The van der Waals surface area contributed by atoms with Crippen molar-refractivity contribution in [2.24, 2.45) is 0 Å². The molecule has 0 spiro atoms. The smallest absolute Gasteiger partial charge is 0.123 e. The fourth-order valence-corrected chi connectivity index (χ4v) is 10.2. The van der Waals surface area contributed by atoms with Gasteiger partial charge in [0, 0.05) is 38.9 Å². The molecule has 10 aromatic carbocycles. The first-order valence-corrected chi connectivity index (χ1v) is 21.6. The van der Waals surface area contributed by atoms with Crippen molar-refractivity contribution in [1.29, 1.82) is 0 Å². The number of rotatable bonds is 7. The molecule has 0 amide bonds. The van der Waals surface area contributed by atoms with Gasteiger partial charge in [0.2, 0.25) is 0 Å². The second-order valence-corrected chi connectivity index (χ2v) is 16.8. The van der Waals surface area contributed by atoms with Crippen molar-refractivity contribution in [3.05, 3.63) is 253 Å². The van der Waals surface area contributed by atoms with E-state index >= 15 is 0 Å². The van der Waals surface area contributed by atoms with Gasteiger partial charge in [-0.25, -0.2) is 4.39 Å². The topological polar surface area (TPSA) is 8.17 Å². The largest absolute Gasteiger partial charge is 0.310 e. The Labute approximate surface area is 366 Å².